The van der Waals surface area contributed by atoms with E-state index in [2.05, 4.69) is 63.5 Å². The van der Waals surface area contributed by atoms with E-state index < -0.39 is 0 Å². The van der Waals surface area contributed by atoms with Crippen LogP contribution >= 0.6 is 0 Å². The van der Waals surface area contributed by atoms with Crippen LogP contribution in [-0.2, 0) is 6.42 Å². The molecule has 0 spiro atoms. The number of fused-ring (bicyclic) bond motifs is 1. The minimum atomic E-state index is 0.0327. The number of nitrogens with one attached hydrogen (secondary N) is 1. The van der Waals surface area contributed by atoms with Gasteiger partial charge in [0.2, 0.25) is 0 Å². The summed E-state index contributed by atoms with van der Waals surface area (Å²) in [5, 5.41) is 3.58. The third-order valence-corrected chi connectivity index (χ3v) is 4.77. The van der Waals surface area contributed by atoms with Crippen molar-refractivity contribution in [3.05, 3.63) is 53.6 Å². The number of hydrogen-bond donors (Lipinski definition) is 1. The van der Waals surface area contributed by atoms with Crippen LogP contribution in [0.5, 0.6) is 0 Å². The fourth-order valence-electron chi connectivity index (χ4n) is 2.51. The Morgan fingerprint density at radius 1 is 1.14 bits per heavy atom. The van der Waals surface area contributed by atoms with E-state index in [1.807, 2.05) is 6.07 Å². The van der Waals surface area contributed by atoms with Crippen molar-refractivity contribution in [2.75, 3.05) is 5.32 Å². The molecule has 2 aromatic carbocycles. The van der Waals surface area contributed by atoms with Gasteiger partial charge < -0.3 is 0 Å². The van der Waals surface area contributed by atoms with Crippen LogP contribution in [0, 0.1) is 6.92 Å². The van der Waals surface area contributed by atoms with Gasteiger partial charge in [0.1, 0.15) is 0 Å². The molecule has 0 saturated carbocycles. The zero-order chi connectivity index (χ0) is 14.7. The molecule has 1 aromatic heterocycles. The fraction of sp³-hybridized carbons (Fsp3) is 0.294. The fourth-order valence-corrected chi connectivity index (χ4v) is 3.66. The number of hydrogen-bond acceptors (Lipinski definition) is 3. The number of aryl methyl sites for hydroxylation is 2. The molecule has 21 heavy (non-hydrogen) atoms. The number of rotatable bonds is 5. The topological polar surface area (TPSA) is 37.8 Å². The van der Waals surface area contributed by atoms with Gasteiger partial charge in [-0.05, 0) is 0 Å². The van der Waals surface area contributed by atoms with Gasteiger partial charge >= 0.3 is 131 Å². The van der Waals surface area contributed by atoms with Crippen molar-refractivity contribution >= 4 is 31.7 Å². The molecular formula is C17H19N3Se. The Morgan fingerprint density at radius 2 is 2.00 bits per heavy atom. The first-order chi connectivity index (χ1) is 10.2. The maximum atomic E-state index is 4.52. The molecular weight excluding hydrogens is 325 g/mol. The summed E-state index contributed by atoms with van der Waals surface area (Å²) in [5.74, 6) is 0. The molecule has 1 heterocycles. The molecule has 0 aliphatic heterocycles. The van der Waals surface area contributed by atoms with E-state index in [1.54, 1.807) is 0 Å². The Bertz CT molecular complexity index is 735. The third kappa shape index (κ3) is 3.52. The zero-order valence-corrected chi connectivity index (χ0v) is 14.0. The van der Waals surface area contributed by atoms with Crippen LogP contribution in [0.2, 0.25) is 0 Å². The van der Waals surface area contributed by atoms with Crippen molar-refractivity contribution in [2.24, 2.45) is 0 Å². The third-order valence-electron chi connectivity index (χ3n) is 3.64. The van der Waals surface area contributed by atoms with Gasteiger partial charge in [0.25, 0.3) is 0 Å². The number of benzene rings is 2. The van der Waals surface area contributed by atoms with Gasteiger partial charge in [-0.3, -0.25) is 0 Å². The van der Waals surface area contributed by atoms with Crippen LogP contribution in [0.4, 0.5) is 5.69 Å². The summed E-state index contributed by atoms with van der Waals surface area (Å²) in [6, 6.07) is 15.4. The van der Waals surface area contributed by atoms with Crippen LogP contribution in [0.1, 0.15) is 24.5 Å². The number of anilines is 1. The summed E-state index contributed by atoms with van der Waals surface area (Å²) in [7, 11) is 0. The van der Waals surface area contributed by atoms with Gasteiger partial charge in [0, 0.05) is 0 Å². The van der Waals surface area contributed by atoms with Gasteiger partial charge in [-0.15, -0.1) is 0 Å². The molecule has 3 aromatic rings. The molecule has 3 nitrogen and oxygen atoms in total. The van der Waals surface area contributed by atoms with Gasteiger partial charge in [0.05, 0.1) is 0 Å². The summed E-state index contributed by atoms with van der Waals surface area (Å²) in [4.78, 5) is 0. The predicted octanol–water partition coefficient (Wildman–Crippen LogP) is 3.43. The minimum absolute atomic E-state index is 0.0327. The van der Waals surface area contributed by atoms with Gasteiger partial charge in [0.15, 0.2) is 0 Å². The standard InChI is InChI=1S/C17H19N3Se/c1-12-5-3-6-14(11-12)10-9-13(2)18-15-7-4-8-16-17(15)20-21-19-16/h3-8,11,13,18H,9-10H2,1-2H3. The first-order valence-electron chi connectivity index (χ1n) is 7.26. The molecule has 0 bridgehead atoms. The SMILES string of the molecule is Cc1cccc(CCC(C)Nc2cccc3n[se]nc23)c1. The number of aromatic nitrogens is 2. The summed E-state index contributed by atoms with van der Waals surface area (Å²) in [6.07, 6.45) is 2.20. The quantitative estimate of drug-likeness (QED) is 0.721. The summed E-state index contributed by atoms with van der Waals surface area (Å²) < 4.78 is 8.94. The van der Waals surface area contributed by atoms with E-state index in [1.165, 1.54) is 11.1 Å². The zero-order valence-electron chi connectivity index (χ0n) is 12.3. The van der Waals surface area contributed by atoms with E-state index in [4.69, 9.17) is 0 Å². The van der Waals surface area contributed by atoms with Crippen LogP contribution in [0.15, 0.2) is 42.5 Å². The van der Waals surface area contributed by atoms with Crippen molar-refractivity contribution in [1.29, 1.82) is 0 Å². The Morgan fingerprint density at radius 3 is 2.86 bits per heavy atom. The van der Waals surface area contributed by atoms with Crippen LogP contribution < -0.4 is 5.32 Å². The van der Waals surface area contributed by atoms with Crippen molar-refractivity contribution < 1.29 is 0 Å². The molecule has 0 amide bonds. The van der Waals surface area contributed by atoms with E-state index >= 15 is 0 Å². The monoisotopic (exact) mass is 345 g/mol. The van der Waals surface area contributed by atoms with Crippen molar-refractivity contribution in [3.63, 3.8) is 0 Å². The maximum absolute atomic E-state index is 4.52. The van der Waals surface area contributed by atoms with Crippen molar-refractivity contribution in [2.45, 2.75) is 32.7 Å². The Balaban J connectivity index is 1.64. The Kier molecular flexibility index (Phi) is 4.37. The molecule has 1 atom stereocenters. The van der Waals surface area contributed by atoms with Crippen LogP contribution in [0.3, 0.4) is 0 Å². The summed E-state index contributed by atoms with van der Waals surface area (Å²) >= 11 is 0.0327. The first-order valence-corrected chi connectivity index (χ1v) is 8.79. The second-order valence-electron chi connectivity index (χ2n) is 5.51. The van der Waals surface area contributed by atoms with Crippen LogP contribution in [-0.4, -0.2) is 29.0 Å². The molecule has 4 heteroatoms. The normalized spacial score (nSPS) is 12.5. The molecule has 0 aliphatic carbocycles. The molecule has 108 valence electrons. The van der Waals surface area contributed by atoms with Gasteiger partial charge in [-0.25, -0.2) is 0 Å². The molecule has 1 unspecified atom stereocenters. The number of nitrogens with zero attached hydrogens (tertiary/aromatic N) is 2. The first kappa shape index (κ1) is 14.3. The van der Waals surface area contributed by atoms with Crippen molar-refractivity contribution in [1.82, 2.24) is 7.96 Å². The molecule has 3 rings (SSSR count). The van der Waals surface area contributed by atoms with E-state index in [9.17, 15) is 0 Å². The molecule has 0 radical (unpaired) electrons. The van der Waals surface area contributed by atoms with E-state index in [-0.39, 0.29) is 15.0 Å². The molecule has 0 fully saturated rings. The van der Waals surface area contributed by atoms with Crippen LogP contribution in [0.25, 0.3) is 11.0 Å². The second kappa shape index (κ2) is 6.42. The predicted molar refractivity (Wildman–Crippen MR) is 89.1 cm³/mol. The average molecular weight is 344 g/mol. The van der Waals surface area contributed by atoms with Gasteiger partial charge in [-0.1, -0.05) is 0 Å². The second-order valence-corrected chi connectivity index (χ2v) is 6.62. The van der Waals surface area contributed by atoms with E-state index in [0.29, 0.717) is 6.04 Å². The molecule has 0 aliphatic rings. The summed E-state index contributed by atoms with van der Waals surface area (Å²) in [5.41, 5.74) is 5.93. The Hall–Kier alpha value is -1.64. The Labute approximate surface area is 131 Å². The molecule has 0 saturated heterocycles. The average Bonchev–Trinajstić information content (AvgIpc) is 2.95. The van der Waals surface area contributed by atoms with E-state index in [0.717, 1.165) is 29.6 Å². The van der Waals surface area contributed by atoms with Gasteiger partial charge in [-0.2, -0.15) is 0 Å². The summed E-state index contributed by atoms with van der Waals surface area (Å²) in [6.45, 7) is 4.37. The van der Waals surface area contributed by atoms with Crippen molar-refractivity contribution in [3.8, 4) is 0 Å². The molecule has 1 N–H and O–H groups in total.